The first-order chi connectivity index (χ1) is 8.85. The Morgan fingerprint density at radius 2 is 1.83 bits per heavy atom. The molecule has 0 saturated heterocycles. The minimum Gasteiger partial charge on any atom is -0.426 e. The van der Waals surface area contributed by atoms with Crippen LogP contribution in [0.5, 0.6) is 11.8 Å². The first kappa shape index (κ1) is 10.7. The van der Waals surface area contributed by atoms with E-state index in [0.717, 1.165) is 22.5 Å². The molecular formula is C14H13N3O. The van der Waals surface area contributed by atoms with E-state index in [4.69, 9.17) is 4.74 Å². The molecule has 0 saturated carbocycles. The molecule has 2 N–H and O–H groups in total. The Balaban J connectivity index is 1.86. The van der Waals surface area contributed by atoms with Crippen molar-refractivity contribution in [3.63, 3.8) is 0 Å². The molecule has 18 heavy (non-hydrogen) atoms. The largest absolute Gasteiger partial charge is 0.426 e. The van der Waals surface area contributed by atoms with Crippen molar-refractivity contribution in [3.05, 3.63) is 48.5 Å². The highest BCUT2D eigenvalue weighted by molar-refractivity contribution is 5.75. The Morgan fingerprint density at radius 3 is 2.56 bits per heavy atom. The molecule has 0 aliphatic heterocycles. The fraction of sp³-hybridized carbons (Fsp3) is 0.0714. The van der Waals surface area contributed by atoms with E-state index in [2.05, 4.69) is 15.3 Å². The fourth-order valence-electron chi connectivity index (χ4n) is 1.78. The number of anilines is 1. The third-order valence-electron chi connectivity index (χ3n) is 2.73. The van der Waals surface area contributed by atoms with E-state index in [1.807, 2.05) is 55.6 Å². The van der Waals surface area contributed by atoms with Crippen LogP contribution in [0.1, 0.15) is 0 Å². The zero-order valence-corrected chi connectivity index (χ0v) is 9.97. The summed E-state index contributed by atoms with van der Waals surface area (Å²) in [7, 11) is 1.88. The molecule has 1 heterocycles. The molecule has 0 aliphatic rings. The molecule has 2 aromatic carbocycles. The number of nitrogens with zero attached hydrogens (tertiary/aromatic N) is 1. The van der Waals surface area contributed by atoms with E-state index in [1.165, 1.54) is 0 Å². The number of imidazole rings is 1. The molecule has 0 bridgehead atoms. The Bertz CT molecular complexity index is 625. The Morgan fingerprint density at radius 1 is 1.06 bits per heavy atom. The quantitative estimate of drug-likeness (QED) is 0.736. The lowest BCUT2D eigenvalue weighted by Crippen LogP contribution is -1.89. The molecule has 4 heteroatoms. The van der Waals surface area contributed by atoms with Gasteiger partial charge >= 0.3 is 0 Å². The number of hydrogen-bond acceptors (Lipinski definition) is 3. The molecule has 0 aliphatic carbocycles. The van der Waals surface area contributed by atoms with Crippen LogP contribution in [0.25, 0.3) is 11.0 Å². The van der Waals surface area contributed by atoms with E-state index < -0.39 is 0 Å². The molecule has 0 amide bonds. The molecule has 90 valence electrons. The summed E-state index contributed by atoms with van der Waals surface area (Å²) in [5, 5.41) is 3.06. The zero-order chi connectivity index (χ0) is 12.4. The van der Waals surface area contributed by atoms with Gasteiger partial charge in [0.15, 0.2) is 0 Å². The van der Waals surface area contributed by atoms with Crippen LogP contribution >= 0.6 is 0 Å². The topological polar surface area (TPSA) is 49.9 Å². The summed E-state index contributed by atoms with van der Waals surface area (Å²) < 4.78 is 5.67. The van der Waals surface area contributed by atoms with Gasteiger partial charge in [-0.2, -0.15) is 4.98 Å². The molecular weight excluding hydrogens is 226 g/mol. The van der Waals surface area contributed by atoms with Crippen molar-refractivity contribution in [2.24, 2.45) is 0 Å². The van der Waals surface area contributed by atoms with E-state index in [-0.39, 0.29) is 0 Å². The molecule has 4 nitrogen and oxygen atoms in total. The third-order valence-corrected chi connectivity index (χ3v) is 2.73. The number of para-hydroxylation sites is 2. The molecule has 3 rings (SSSR count). The average Bonchev–Trinajstić information content (AvgIpc) is 2.82. The number of fused-ring (bicyclic) bond motifs is 1. The van der Waals surface area contributed by atoms with Gasteiger partial charge in [0.25, 0.3) is 6.01 Å². The van der Waals surface area contributed by atoms with Gasteiger partial charge in [-0.1, -0.05) is 12.1 Å². The number of nitrogens with one attached hydrogen (secondary N) is 2. The maximum Gasteiger partial charge on any atom is 0.300 e. The number of H-pyrrole nitrogens is 1. The maximum atomic E-state index is 5.67. The second-order valence-corrected chi connectivity index (χ2v) is 3.94. The van der Waals surface area contributed by atoms with Gasteiger partial charge in [-0.05, 0) is 36.4 Å². The second-order valence-electron chi connectivity index (χ2n) is 3.94. The second kappa shape index (κ2) is 4.41. The van der Waals surface area contributed by atoms with Crippen molar-refractivity contribution < 1.29 is 4.74 Å². The number of benzene rings is 2. The van der Waals surface area contributed by atoms with E-state index in [9.17, 15) is 0 Å². The van der Waals surface area contributed by atoms with Crippen LogP contribution in [0.4, 0.5) is 5.69 Å². The minimum absolute atomic E-state index is 0.508. The van der Waals surface area contributed by atoms with Gasteiger partial charge in [0.2, 0.25) is 0 Å². The predicted molar refractivity (Wildman–Crippen MR) is 72.2 cm³/mol. The van der Waals surface area contributed by atoms with Crippen LogP contribution in [-0.4, -0.2) is 17.0 Å². The fourth-order valence-corrected chi connectivity index (χ4v) is 1.78. The lowest BCUT2D eigenvalue weighted by Gasteiger charge is -2.03. The summed E-state index contributed by atoms with van der Waals surface area (Å²) in [5.41, 5.74) is 2.92. The highest BCUT2D eigenvalue weighted by Gasteiger charge is 2.03. The molecule has 0 atom stereocenters. The Hall–Kier alpha value is -2.49. The molecule has 0 unspecified atom stereocenters. The van der Waals surface area contributed by atoms with Crippen molar-refractivity contribution in [2.45, 2.75) is 0 Å². The van der Waals surface area contributed by atoms with Crippen molar-refractivity contribution >= 4 is 16.7 Å². The summed E-state index contributed by atoms with van der Waals surface area (Å²) in [6.45, 7) is 0. The van der Waals surface area contributed by atoms with Gasteiger partial charge in [-0.15, -0.1) is 0 Å². The lowest BCUT2D eigenvalue weighted by atomic mass is 10.3. The van der Waals surface area contributed by atoms with Crippen LogP contribution in [0.2, 0.25) is 0 Å². The SMILES string of the molecule is CNc1ccc(Oc2nc3ccccc3[nH]2)cc1. The van der Waals surface area contributed by atoms with Crippen molar-refractivity contribution in [1.29, 1.82) is 0 Å². The summed E-state index contributed by atoms with van der Waals surface area (Å²) >= 11 is 0. The van der Waals surface area contributed by atoms with Crippen LogP contribution < -0.4 is 10.1 Å². The summed E-state index contributed by atoms with van der Waals surface area (Å²) in [6.07, 6.45) is 0. The summed E-state index contributed by atoms with van der Waals surface area (Å²) in [5.74, 6) is 0.757. The van der Waals surface area contributed by atoms with Crippen LogP contribution in [0.15, 0.2) is 48.5 Å². The van der Waals surface area contributed by atoms with Crippen molar-refractivity contribution in [3.8, 4) is 11.8 Å². The Labute approximate surface area is 105 Å². The zero-order valence-electron chi connectivity index (χ0n) is 9.97. The molecule has 0 spiro atoms. The van der Waals surface area contributed by atoms with Gasteiger partial charge in [0, 0.05) is 12.7 Å². The molecule has 3 aromatic rings. The number of aromatic nitrogens is 2. The van der Waals surface area contributed by atoms with E-state index >= 15 is 0 Å². The first-order valence-electron chi connectivity index (χ1n) is 5.75. The number of ether oxygens (including phenoxy) is 1. The smallest absolute Gasteiger partial charge is 0.300 e. The predicted octanol–water partition coefficient (Wildman–Crippen LogP) is 3.40. The van der Waals surface area contributed by atoms with E-state index in [0.29, 0.717) is 6.01 Å². The average molecular weight is 239 g/mol. The summed E-state index contributed by atoms with van der Waals surface area (Å²) in [4.78, 5) is 7.48. The maximum absolute atomic E-state index is 5.67. The highest BCUT2D eigenvalue weighted by atomic mass is 16.5. The van der Waals surface area contributed by atoms with Gasteiger partial charge in [0.05, 0.1) is 11.0 Å². The standard InChI is InChI=1S/C14H13N3O/c1-15-10-6-8-11(9-7-10)18-14-16-12-4-2-3-5-13(12)17-14/h2-9,15H,1H3,(H,16,17). The highest BCUT2D eigenvalue weighted by Crippen LogP contribution is 2.22. The van der Waals surface area contributed by atoms with Crippen LogP contribution in [-0.2, 0) is 0 Å². The minimum atomic E-state index is 0.508. The third kappa shape index (κ3) is 2.00. The molecule has 1 aromatic heterocycles. The lowest BCUT2D eigenvalue weighted by molar-refractivity contribution is 0.449. The molecule has 0 fully saturated rings. The summed E-state index contributed by atoms with van der Waals surface area (Å²) in [6, 6.07) is 16.1. The van der Waals surface area contributed by atoms with Crippen molar-refractivity contribution in [1.82, 2.24) is 9.97 Å². The number of rotatable bonds is 3. The van der Waals surface area contributed by atoms with Gasteiger partial charge < -0.3 is 15.0 Å². The molecule has 0 radical (unpaired) electrons. The van der Waals surface area contributed by atoms with Crippen molar-refractivity contribution in [2.75, 3.05) is 12.4 Å². The van der Waals surface area contributed by atoms with Gasteiger partial charge in [-0.25, -0.2) is 0 Å². The van der Waals surface area contributed by atoms with Crippen LogP contribution in [0.3, 0.4) is 0 Å². The number of aromatic amines is 1. The Kier molecular flexibility index (Phi) is 2.61. The van der Waals surface area contributed by atoms with Gasteiger partial charge in [-0.3, -0.25) is 0 Å². The monoisotopic (exact) mass is 239 g/mol. The number of hydrogen-bond donors (Lipinski definition) is 2. The van der Waals surface area contributed by atoms with Gasteiger partial charge in [0.1, 0.15) is 5.75 Å². The normalized spacial score (nSPS) is 10.5. The van der Waals surface area contributed by atoms with Crippen LogP contribution in [0, 0.1) is 0 Å². The van der Waals surface area contributed by atoms with E-state index in [1.54, 1.807) is 0 Å². The first-order valence-corrected chi connectivity index (χ1v) is 5.75.